The van der Waals surface area contributed by atoms with Crippen LogP contribution >= 0.6 is 0 Å². The number of allylic oxidation sites excluding steroid dienone is 2. The molecule has 2 atom stereocenters. The highest BCUT2D eigenvalue weighted by atomic mass is 16.1. The van der Waals surface area contributed by atoms with Crippen molar-refractivity contribution in [2.24, 2.45) is 5.92 Å². The molecule has 2 aromatic carbocycles. The second-order valence-electron chi connectivity index (χ2n) is 7.58. The molecule has 0 aliphatic carbocycles. The topological polar surface area (TPSA) is 29.1 Å². The highest BCUT2D eigenvalue weighted by Crippen LogP contribution is 2.31. The Bertz CT molecular complexity index is 792. The lowest BCUT2D eigenvalue weighted by Gasteiger charge is -2.20. The van der Waals surface area contributed by atoms with Crippen LogP contribution in [0, 0.1) is 5.92 Å². The van der Waals surface area contributed by atoms with Gasteiger partial charge in [-0.25, -0.2) is 0 Å². The molecular weight excluding hydrogens is 390 g/mol. The Morgan fingerprint density at radius 2 is 1.47 bits per heavy atom. The van der Waals surface area contributed by atoms with Gasteiger partial charge in [0.2, 0.25) is 0 Å². The molecule has 0 spiro atoms. The van der Waals surface area contributed by atoms with E-state index in [1.165, 1.54) is 0 Å². The normalized spacial score (nSPS) is 12.6. The molecule has 0 heterocycles. The molecule has 32 heavy (non-hydrogen) atoms. The molecule has 176 valence electrons. The zero-order valence-electron chi connectivity index (χ0n) is 20.2. The fourth-order valence-corrected chi connectivity index (χ4v) is 3.72. The number of Topliss-reactive ketones (excluding diaryl/α,β-unsaturated/α-hetero) is 1. The van der Waals surface area contributed by atoms with Crippen LogP contribution in [0.15, 0.2) is 73.3 Å². The van der Waals surface area contributed by atoms with Crippen LogP contribution in [-0.4, -0.2) is 18.9 Å². The molecule has 2 nitrogen and oxygen atoms in total. The highest BCUT2D eigenvalue weighted by Gasteiger charge is 2.18. The number of carbonyl (C=O) groups is 1. The van der Waals surface area contributed by atoms with Crippen LogP contribution in [0.2, 0.25) is 0 Å². The monoisotopic (exact) mass is 435 g/mol. The lowest BCUT2D eigenvalue weighted by atomic mass is 9.88. The first kappa shape index (κ1) is 29.5. The van der Waals surface area contributed by atoms with E-state index in [0.717, 1.165) is 48.0 Å². The predicted octanol–water partition coefficient (Wildman–Crippen LogP) is 8.21. The van der Waals surface area contributed by atoms with Crippen molar-refractivity contribution in [1.29, 1.82) is 0 Å². The van der Waals surface area contributed by atoms with Crippen molar-refractivity contribution < 1.29 is 4.79 Å². The average Bonchev–Trinajstić information content (AvgIpc) is 2.83. The SMILES string of the molecule is C.C=C(/C(=C\C(CCC(CC)C(=O)CCC)NC)c1ccccc1)c1ccccc1.CC. The Morgan fingerprint density at radius 3 is 1.94 bits per heavy atom. The molecule has 2 aromatic rings. The number of rotatable bonds is 12. The number of nitrogens with one attached hydrogen (secondary N) is 1. The third-order valence-corrected chi connectivity index (χ3v) is 5.54. The maximum atomic E-state index is 12.4. The van der Waals surface area contributed by atoms with Crippen molar-refractivity contribution >= 4 is 16.9 Å². The summed E-state index contributed by atoms with van der Waals surface area (Å²) in [5, 5.41) is 3.43. The van der Waals surface area contributed by atoms with Gasteiger partial charge in [-0.3, -0.25) is 4.79 Å². The van der Waals surface area contributed by atoms with E-state index in [4.69, 9.17) is 0 Å². The summed E-state index contributed by atoms with van der Waals surface area (Å²) in [6.45, 7) is 12.6. The van der Waals surface area contributed by atoms with Gasteiger partial charge in [-0.05, 0) is 55.0 Å². The number of ketones is 1. The van der Waals surface area contributed by atoms with E-state index < -0.39 is 0 Å². The maximum absolute atomic E-state index is 12.4. The minimum Gasteiger partial charge on any atom is -0.314 e. The quantitative estimate of drug-likeness (QED) is 0.340. The smallest absolute Gasteiger partial charge is 0.135 e. The Balaban J connectivity index is 0.00000311. The zero-order valence-corrected chi connectivity index (χ0v) is 20.2. The fourth-order valence-electron chi connectivity index (χ4n) is 3.72. The van der Waals surface area contributed by atoms with Gasteiger partial charge in [0.05, 0.1) is 0 Å². The molecule has 0 saturated carbocycles. The molecule has 0 aliphatic heterocycles. The van der Waals surface area contributed by atoms with Crippen molar-refractivity contribution in [1.82, 2.24) is 5.32 Å². The molecule has 0 aromatic heterocycles. The molecule has 0 bridgehead atoms. The van der Waals surface area contributed by atoms with Gasteiger partial charge in [0.1, 0.15) is 5.78 Å². The zero-order chi connectivity index (χ0) is 23.1. The first-order chi connectivity index (χ1) is 15.1. The molecule has 2 rings (SSSR count). The van der Waals surface area contributed by atoms with Crippen molar-refractivity contribution in [3.63, 3.8) is 0 Å². The first-order valence-corrected chi connectivity index (χ1v) is 11.8. The summed E-state index contributed by atoms with van der Waals surface area (Å²) in [7, 11) is 1.99. The van der Waals surface area contributed by atoms with Crippen LogP contribution in [0.5, 0.6) is 0 Å². The Kier molecular flexibility index (Phi) is 15.8. The lowest BCUT2D eigenvalue weighted by Crippen LogP contribution is -2.25. The summed E-state index contributed by atoms with van der Waals surface area (Å²) >= 11 is 0. The van der Waals surface area contributed by atoms with Crippen LogP contribution in [0.4, 0.5) is 0 Å². The first-order valence-electron chi connectivity index (χ1n) is 11.8. The fraction of sp³-hybridized carbons (Fsp3) is 0.433. The Morgan fingerprint density at radius 1 is 0.938 bits per heavy atom. The molecule has 1 N–H and O–H groups in total. The van der Waals surface area contributed by atoms with Crippen molar-refractivity contribution in [2.45, 2.75) is 73.3 Å². The summed E-state index contributed by atoms with van der Waals surface area (Å²) < 4.78 is 0. The number of carbonyl (C=O) groups excluding carboxylic acids is 1. The molecule has 0 amide bonds. The van der Waals surface area contributed by atoms with Gasteiger partial charge in [0.25, 0.3) is 0 Å². The largest absolute Gasteiger partial charge is 0.314 e. The third-order valence-electron chi connectivity index (χ3n) is 5.54. The second-order valence-corrected chi connectivity index (χ2v) is 7.58. The van der Waals surface area contributed by atoms with Gasteiger partial charge >= 0.3 is 0 Å². The van der Waals surface area contributed by atoms with Gasteiger partial charge in [-0.2, -0.15) is 0 Å². The van der Waals surface area contributed by atoms with Gasteiger partial charge in [0.15, 0.2) is 0 Å². The predicted molar refractivity (Wildman–Crippen MR) is 144 cm³/mol. The highest BCUT2D eigenvalue weighted by molar-refractivity contribution is 6.04. The molecule has 2 heteroatoms. The molecule has 2 unspecified atom stereocenters. The summed E-state index contributed by atoms with van der Waals surface area (Å²) in [5.41, 5.74) is 4.45. The van der Waals surface area contributed by atoms with Gasteiger partial charge in [-0.1, -0.05) is 108 Å². The summed E-state index contributed by atoms with van der Waals surface area (Å²) in [6.07, 6.45) is 6.67. The molecule has 0 radical (unpaired) electrons. The third kappa shape index (κ3) is 9.36. The molecular formula is C30H45NO. The molecule has 0 fully saturated rings. The van der Waals surface area contributed by atoms with E-state index in [2.05, 4.69) is 68.2 Å². The number of benzene rings is 2. The van der Waals surface area contributed by atoms with Gasteiger partial charge in [0, 0.05) is 18.4 Å². The van der Waals surface area contributed by atoms with Crippen molar-refractivity contribution in [3.05, 3.63) is 84.4 Å². The van der Waals surface area contributed by atoms with E-state index in [9.17, 15) is 4.79 Å². The van der Waals surface area contributed by atoms with E-state index in [1.54, 1.807) is 0 Å². The number of hydrogen-bond acceptors (Lipinski definition) is 2. The van der Waals surface area contributed by atoms with E-state index in [-0.39, 0.29) is 19.4 Å². The van der Waals surface area contributed by atoms with Crippen LogP contribution in [-0.2, 0) is 4.79 Å². The minimum absolute atomic E-state index is 0. The van der Waals surface area contributed by atoms with Crippen LogP contribution in [0.3, 0.4) is 0 Å². The summed E-state index contributed by atoms with van der Waals surface area (Å²) in [4.78, 5) is 12.4. The Hall–Kier alpha value is -2.45. The van der Waals surface area contributed by atoms with Crippen molar-refractivity contribution in [3.8, 4) is 0 Å². The Labute approximate surface area is 197 Å². The summed E-state index contributed by atoms with van der Waals surface area (Å²) in [5.74, 6) is 0.572. The minimum atomic E-state index is 0. The standard InChI is InChI=1S/C27H35NO.C2H6.CH4/c1-5-13-27(29)22(6-2)18-19-25(28-4)20-26(24-16-11-8-12-17-24)21(3)23-14-9-7-10-15-23;1-2;/h7-12,14-17,20,22,25,28H,3,5-6,13,18-19H2,1-2,4H3;1-2H3;1H4/b26-20+;;. The van der Waals surface area contributed by atoms with E-state index in [1.807, 2.05) is 45.2 Å². The van der Waals surface area contributed by atoms with Crippen molar-refractivity contribution in [2.75, 3.05) is 7.05 Å². The van der Waals surface area contributed by atoms with Crippen LogP contribution in [0.1, 0.15) is 78.4 Å². The number of likely N-dealkylation sites (N-methyl/N-ethyl adjacent to an activating group) is 1. The number of hydrogen-bond donors (Lipinski definition) is 1. The van der Waals surface area contributed by atoms with Gasteiger partial charge < -0.3 is 5.32 Å². The van der Waals surface area contributed by atoms with E-state index in [0.29, 0.717) is 12.2 Å². The molecule has 0 saturated heterocycles. The second kappa shape index (κ2) is 17.1. The molecule has 0 aliphatic rings. The lowest BCUT2D eigenvalue weighted by molar-refractivity contribution is -0.123. The van der Waals surface area contributed by atoms with Crippen LogP contribution in [0.25, 0.3) is 11.1 Å². The maximum Gasteiger partial charge on any atom is 0.135 e. The van der Waals surface area contributed by atoms with Crippen LogP contribution < -0.4 is 5.32 Å². The summed E-state index contributed by atoms with van der Waals surface area (Å²) in [6, 6.07) is 20.9. The average molecular weight is 436 g/mol. The van der Waals surface area contributed by atoms with Gasteiger partial charge in [-0.15, -0.1) is 0 Å². The van der Waals surface area contributed by atoms with E-state index >= 15 is 0 Å².